The van der Waals surface area contributed by atoms with E-state index in [9.17, 15) is 4.79 Å². The van der Waals surface area contributed by atoms with Crippen LogP contribution in [0.2, 0.25) is 5.02 Å². The normalized spacial score (nSPS) is 18.7. The van der Waals surface area contributed by atoms with Crippen LogP contribution in [0.4, 0.5) is 0 Å². The molecule has 150 valence electrons. The van der Waals surface area contributed by atoms with E-state index >= 15 is 0 Å². The van der Waals surface area contributed by atoms with Gasteiger partial charge in [-0.25, -0.2) is 0 Å². The highest BCUT2D eigenvalue weighted by molar-refractivity contribution is 6.30. The molecule has 3 rings (SSSR count). The van der Waals surface area contributed by atoms with E-state index < -0.39 is 0 Å². The smallest absolute Gasteiger partial charge is 0.237 e. The number of nitrogens with zero attached hydrogens (tertiary/aromatic N) is 3. The van der Waals surface area contributed by atoms with Crippen molar-refractivity contribution >= 4 is 17.5 Å². The molecule has 1 aliphatic heterocycles. The molecule has 0 aromatic heterocycles. The summed E-state index contributed by atoms with van der Waals surface area (Å²) in [6.45, 7) is 11.3. The molecule has 6 heteroatoms. The minimum atomic E-state index is 0.311. The average molecular weight is 394 g/mol. The van der Waals surface area contributed by atoms with Crippen molar-refractivity contribution in [3.8, 4) is 5.75 Å². The summed E-state index contributed by atoms with van der Waals surface area (Å²) in [5.74, 6) is 1.70. The number of ether oxygens (including phenoxy) is 1. The number of halogens is 1. The molecule has 2 fully saturated rings. The monoisotopic (exact) mass is 393 g/mol. The van der Waals surface area contributed by atoms with E-state index in [4.69, 9.17) is 16.3 Å². The van der Waals surface area contributed by atoms with Gasteiger partial charge in [-0.05, 0) is 43.0 Å². The first-order chi connectivity index (χ1) is 13.0. The van der Waals surface area contributed by atoms with Crippen molar-refractivity contribution in [2.45, 2.75) is 32.7 Å². The number of hydrogen-bond acceptors (Lipinski definition) is 4. The van der Waals surface area contributed by atoms with Crippen LogP contribution in [-0.2, 0) is 4.79 Å². The van der Waals surface area contributed by atoms with Gasteiger partial charge in [-0.2, -0.15) is 0 Å². The van der Waals surface area contributed by atoms with Gasteiger partial charge in [-0.1, -0.05) is 25.4 Å². The molecule has 27 heavy (non-hydrogen) atoms. The molecule has 0 radical (unpaired) electrons. The van der Waals surface area contributed by atoms with E-state index in [0.717, 1.165) is 50.0 Å². The van der Waals surface area contributed by atoms with Crippen molar-refractivity contribution in [1.29, 1.82) is 0 Å². The minimum Gasteiger partial charge on any atom is -0.492 e. The lowest BCUT2D eigenvalue weighted by Gasteiger charge is -2.35. The molecule has 0 spiro atoms. The van der Waals surface area contributed by atoms with Crippen LogP contribution in [0.3, 0.4) is 0 Å². The Hall–Kier alpha value is -1.30. The van der Waals surface area contributed by atoms with Gasteiger partial charge in [0.2, 0.25) is 5.91 Å². The van der Waals surface area contributed by atoms with Crippen molar-refractivity contribution in [2.75, 3.05) is 52.4 Å². The van der Waals surface area contributed by atoms with Gasteiger partial charge in [0, 0.05) is 50.3 Å². The third-order valence-corrected chi connectivity index (χ3v) is 5.44. The lowest BCUT2D eigenvalue weighted by atomic mass is 10.2. The average Bonchev–Trinajstić information content (AvgIpc) is 3.47. The van der Waals surface area contributed by atoms with Crippen LogP contribution in [0, 0.1) is 5.92 Å². The van der Waals surface area contributed by atoms with Crippen molar-refractivity contribution in [3.63, 3.8) is 0 Å². The van der Waals surface area contributed by atoms with Gasteiger partial charge >= 0.3 is 0 Å². The minimum absolute atomic E-state index is 0.311. The van der Waals surface area contributed by atoms with Gasteiger partial charge in [0.1, 0.15) is 12.4 Å². The molecular formula is C21H32ClN3O2. The molecular weight excluding hydrogens is 362 g/mol. The second-order valence-corrected chi connectivity index (χ2v) is 8.53. The number of benzene rings is 1. The van der Waals surface area contributed by atoms with E-state index in [1.54, 1.807) is 0 Å². The number of rotatable bonds is 9. The zero-order chi connectivity index (χ0) is 19.2. The summed E-state index contributed by atoms with van der Waals surface area (Å²) in [5, 5.41) is 0.724. The standard InChI is InChI=1S/C21H32ClN3O2/c1-17(2)15-25(19-5-6-19)21(26)16-24-11-9-23(10-12-24)13-14-27-20-7-3-18(22)4-8-20/h3-4,7-8,17,19H,5-6,9-16H2,1-2H3. The first kappa shape index (κ1) is 20.4. The molecule has 1 aromatic carbocycles. The largest absolute Gasteiger partial charge is 0.492 e. The Bertz CT molecular complexity index is 596. The Labute approximate surface area is 168 Å². The highest BCUT2D eigenvalue weighted by Crippen LogP contribution is 2.27. The molecule has 0 bridgehead atoms. The van der Waals surface area contributed by atoms with Crippen LogP contribution in [0.5, 0.6) is 5.75 Å². The number of hydrogen-bond donors (Lipinski definition) is 0. The molecule has 0 atom stereocenters. The van der Waals surface area contributed by atoms with E-state index in [0.29, 0.717) is 31.0 Å². The summed E-state index contributed by atoms with van der Waals surface area (Å²) >= 11 is 5.89. The Morgan fingerprint density at radius 3 is 2.37 bits per heavy atom. The second-order valence-electron chi connectivity index (χ2n) is 8.09. The van der Waals surface area contributed by atoms with Gasteiger partial charge in [0.15, 0.2) is 0 Å². The maximum Gasteiger partial charge on any atom is 0.237 e. The predicted molar refractivity (Wildman–Crippen MR) is 109 cm³/mol. The Kier molecular flexibility index (Phi) is 7.39. The molecule has 1 heterocycles. The van der Waals surface area contributed by atoms with Gasteiger partial charge in [0.05, 0.1) is 6.54 Å². The van der Waals surface area contributed by atoms with Crippen LogP contribution >= 0.6 is 11.6 Å². The van der Waals surface area contributed by atoms with Crippen LogP contribution in [0.15, 0.2) is 24.3 Å². The molecule has 0 unspecified atom stereocenters. The lowest BCUT2D eigenvalue weighted by molar-refractivity contribution is -0.134. The van der Waals surface area contributed by atoms with Crippen LogP contribution in [0.25, 0.3) is 0 Å². The van der Waals surface area contributed by atoms with Crippen molar-refractivity contribution in [1.82, 2.24) is 14.7 Å². The number of piperazine rings is 1. The summed E-state index contributed by atoms with van der Waals surface area (Å²) in [6.07, 6.45) is 2.36. The molecule has 5 nitrogen and oxygen atoms in total. The highest BCUT2D eigenvalue weighted by Gasteiger charge is 2.33. The van der Waals surface area contributed by atoms with Crippen molar-refractivity contribution in [2.24, 2.45) is 5.92 Å². The number of carbonyl (C=O) groups excluding carboxylic acids is 1. The van der Waals surface area contributed by atoms with Gasteiger partial charge in [-0.3, -0.25) is 14.6 Å². The summed E-state index contributed by atoms with van der Waals surface area (Å²) in [6, 6.07) is 7.99. The topological polar surface area (TPSA) is 36.0 Å². The van der Waals surface area contributed by atoms with Crippen LogP contribution < -0.4 is 4.74 Å². The van der Waals surface area contributed by atoms with Crippen molar-refractivity contribution in [3.05, 3.63) is 29.3 Å². The van der Waals surface area contributed by atoms with Crippen LogP contribution in [0.1, 0.15) is 26.7 Å². The fourth-order valence-corrected chi connectivity index (χ4v) is 3.64. The van der Waals surface area contributed by atoms with Gasteiger partial charge in [-0.15, -0.1) is 0 Å². The van der Waals surface area contributed by atoms with E-state index in [1.165, 1.54) is 12.8 Å². The molecule has 1 aromatic rings. The van der Waals surface area contributed by atoms with Gasteiger partial charge < -0.3 is 9.64 Å². The number of amides is 1. The van der Waals surface area contributed by atoms with E-state index in [-0.39, 0.29) is 0 Å². The summed E-state index contributed by atoms with van der Waals surface area (Å²) in [4.78, 5) is 19.5. The van der Waals surface area contributed by atoms with Gasteiger partial charge in [0.25, 0.3) is 0 Å². The summed E-state index contributed by atoms with van der Waals surface area (Å²) in [7, 11) is 0. The molecule has 1 saturated carbocycles. The highest BCUT2D eigenvalue weighted by atomic mass is 35.5. The van der Waals surface area contributed by atoms with E-state index in [1.807, 2.05) is 24.3 Å². The summed E-state index contributed by atoms with van der Waals surface area (Å²) in [5.41, 5.74) is 0. The SMILES string of the molecule is CC(C)CN(C(=O)CN1CCN(CCOc2ccc(Cl)cc2)CC1)C1CC1. The molecule has 1 aliphatic carbocycles. The van der Waals surface area contributed by atoms with E-state index in [2.05, 4.69) is 28.5 Å². The Morgan fingerprint density at radius 1 is 1.15 bits per heavy atom. The maximum atomic E-state index is 12.7. The zero-order valence-corrected chi connectivity index (χ0v) is 17.3. The molecule has 2 aliphatic rings. The quantitative estimate of drug-likeness (QED) is 0.646. The molecule has 0 N–H and O–H groups in total. The van der Waals surface area contributed by atoms with Crippen LogP contribution in [-0.4, -0.2) is 79.1 Å². The van der Waals surface area contributed by atoms with Crippen molar-refractivity contribution < 1.29 is 9.53 Å². The first-order valence-corrected chi connectivity index (χ1v) is 10.5. The third kappa shape index (κ3) is 6.66. The Morgan fingerprint density at radius 2 is 1.78 bits per heavy atom. The first-order valence-electron chi connectivity index (χ1n) is 10.1. The number of carbonyl (C=O) groups is 1. The third-order valence-electron chi connectivity index (χ3n) is 5.18. The fourth-order valence-electron chi connectivity index (χ4n) is 3.51. The fraction of sp³-hybridized carbons (Fsp3) is 0.667. The Balaban J connectivity index is 1.34. The second kappa shape index (κ2) is 9.76. The molecule has 1 amide bonds. The lowest BCUT2D eigenvalue weighted by Crippen LogP contribution is -2.51. The summed E-state index contributed by atoms with van der Waals surface area (Å²) < 4.78 is 5.78. The molecule has 1 saturated heterocycles. The zero-order valence-electron chi connectivity index (χ0n) is 16.6. The maximum absolute atomic E-state index is 12.7. The predicted octanol–water partition coefficient (Wildman–Crippen LogP) is 2.98.